The minimum Gasteiger partial charge on any atom is -0.365 e. The molecule has 1 aromatic heterocycles. The van der Waals surface area contributed by atoms with Crippen LogP contribution in [0.1, 0.15) is 25.6 Å². The van der Waals surface area contributed by atoms with E-state index >= 15 is 0 Å². The van der Waals surface area contributed by atoms with Crippen LogP contribution in [-0.2, 0) is 6.18 Å². The molecule has 9 heteroatoms. The van der Waals surface area contributed by atoms with E-state index < -0.39 is 23.6 Å². The van der Waals surface area contributed by atoms with Gasteiger partial charge in [0.25, 0.3) is 11.8 Å². The zero-order valence-corrected chi connectivity index (χ0v) is 11.1. The normalized spacial score (nSPS) is 11.2. The molecule has 0 saturated carbocycles. The summed E-state index contributed by atoms with van der Waals surface area (Å²) in [4.78, 5) is 26.6. The second-order valence-corrected chi connectivity index (χ2v) is 4.96. The average Bonchev–Trinajstić information content (AvgIpc) is 2.86. The first-order valence-corrected chi connectivity index (χ1v) is 6.33. The fourth-order valence-electron chi connectivity index (χ4n) is 1.45. The van der Waals surface area contributed by atoms with Crippen molar-refractivity contribution in [3.05, 3.63) is 46.5 Å². The minimum absolute atomic E-state index is 0.0752. The number of anilines is 1. The van der Waals surface area contributed by atoms with E-state index in [-0.39, 0.29) is 15.6 Å². The van der Waals surface area contributed by atoms with Crippen molar-refractivity contribution < 1.29 is 22.8 Å². The predicted octanol–water partition coefficient (Wildman–Crippen LogP) is 2.51. The Morgan fingerprint density at radius 2 is 2.00 bits per heavy atom. The van der Waals surface area contributed by atoms with Crippen LogP contribution in [0.4, 0.5) is 18.3 Å². The van der Waals surface area contributed by atoms with Gasteiger partial charge in [-0.15, -0.1) is 0 Å². The molecule has 0 aliphatic heterocycles. The molecule has 1 heterocycles. The number of carbonyl (C=O) groups is 2. The zero-order chi connectivity index (χ0) is 15.6. The summed E-state index contributed by atoms with van der Waals surface area (Å²) in [5.41, 5.74) is 3.94. The number of hydrogen-bond donors (Lipinski definition) is 2. The first kappa shape index (κ1) is 15.0. The van der Waals surface area contributed by atoms with E-state index in [1.165, 1.54) is 12.3 Å². The van der Waals surface area contributed by atoms with Crippen molar-refractivity contribution in [3.8, 4) is 0 Å². The molecule has 0 atom stereocenters. The number of amides is 2. The first-order valence-electron chi connectivity index (χ1n) is 5.51. The number of primary amides is 1. The molecular weight excluding hydrogens is 307 g/mol. The maximum atomic E-state index is 12.6. The Hall–Kier alpha value is -2.42. The third-order valence-electron chi connectivity index (χ3n) is 2.42. The van der Waals surface area contributed by atoms with Gasteiger partial charge in [-0.3, -0.25) is 14.9 Å². The Morgan fingerprint density at radius 1 is 1.29 bits per heavy atom. The van der Waals surface area contributed by atoms with Gasteiger partial charge in [-0.2, -0.15) is 13.2 Å². The number of carbonyl (C=O) groups excluding carboxylic acids is 2. The van der Waals surface area contributed by atoms with E-state index in [2.05, 4.69) is 10.3 Å². The molecule has 0 aliphatic rings. The van der Waals surface area contributed by atoms with Crippen molar-refractivity contribution in [2.75, 3.05) is 5.32 Å². The van der Waals surface area contributed by atoms with Crippen LogP contribution in [0.15, 0.2) is 30.5 Å². The molecule has 21 heavy (non-hydrogen) atoms. The summed E-state index contributed by atoms with van der Waals surface area (Å²) in [5.74, 6) is -1.46. The lowest BCUT2D eigenvalue weighted by molar-refractivity contribution is -0.137. The Labute approximate surface area is 120 Å². The van der Waals surface area contributed by atoms with Crippen molar-refractivity contribution >= 4 is 28.3 Å². The van der Waals surface area contributed by atoms with Gasteiger partial charge >= 0.3 is 6.18 Å². The smallest absolute Gasteiger partial charge is 0.365 e. The fourth-order valence-corrected chi connectivity index (χ4v) is 2.12. The van der Waals surface area contributed by atoms with E-state index in [1.54, 1.807) is 0 Å². The molecule has 2 rings (SSSR count). The average molecular weight is 315 g/mol. The molecule has 1 aromatic carbocycles. The molecule has 0 unspecified atom stereocenters. The lowest BCUT2D eigenvalue weighted by Gasteiger charge is -2.08. The van der Waals surface area contributed by atoms with E-state index in [0.29, 0.717) is 0 Å². The fraction of sp³-hybridized carbons (Fsp3) is 0.0833. The predicted molar refractivity (Wildman–Crippen MR) is 70.0 cm³/mol. The first-order chi connectivity index (χ1) is 9.77. The van der Waals surface area contributed by atoms with Gasteiger partial charge in [-0.05, 0) is 18.2 Å². The van der Waals surface area contributed by atoms with Crippen molar-refractivity contribution in [2.45, 2.75) is 6.18 Å². The van der Waals surface area contributed by atoms with E-state index in [9.17, 15) is 22.8 Å². The van der Waals surface area contributed by atoms with Gasteiger partial charge in [0.15, 0.2) is 5.13 Å². The Bertz CT molecular complexity index is 697. The van der Waals surface area contributed by atoms with Gasteiger partial charge in [-0.1, -0.05) is 17.4 Å². The second-order valence-electron chi connectivity index (χ2n) is 3.93. The van der Waals surface area contributed by atoms with Gasteiger partial charge < -0.3 is 5.73 Å². The highest BCUT2D eigenvalue weighted by atomic mass is 32.1. The number of thiazole rings is 1. The van der Waals surface area contributed by atoms with E-state index in [1.807, 2.05) is 0 Å². The molecule has 0 spiro atoms. The molecule has 3 N–H and O–H groups in total. The van der Waals surface area contributed by atoms with Crippen LogP contribution in [0.5, 0.6) is 0 Å². The maximum absolute atomic E-state index is 12.6. The van der Waals surface area contributed by atoms with Crippen LogP contribution in [0, 0.1) is 0 Å². The molecule has 5 nitrogen and oxygen atoms in total. The van der Waals surface area contributed by atoms with Crippen molar-refractivity contribution in [1.82, 2.24) is 4.98 Å². The summed E-state index contributed by atoms with van der Waals surface area (Å²) in [7, 11) is 0. The molecule has 110 valence electrons. The van der Waals surface area contributed by atoms with Gasteiger partial charge in [-0.25, -0.2) is 4.98 Å². The number of nitrogens with zero attached hydrogens (tertiary/aromatic N) is 1. The van der Waals surface area contributed by atoms with Crippen molar-refractivity contribution in [3.63, 3.8) is 0 Å². The highest BCUT2D eigenvalue weighted by Gasteiger charge is 2.30. The van der Waals surface area contributed by atoms with Crippen molar-refractivity contribution in [1.29, 1.82) is 0 Å². The number of hydrogen-bond acceptors (Lipinski definition) is 4. The summed E-state index contributed by atoms with van der Waals surface area (Å²) in [6, 6.07) is 3.98. The highest BCUT2D eigenvalue weighted by Crippen LogP contribution is 2.29. The van der Waals surface area contributed by atoms with Crippen LogP contribution in [0.25, 0.3) is 0 Å². The molecule has 0 bridgehead atoms. The summed E-state index contributed by atoms with van der Waals surface area (Å²) in [6.07, 6.45) is -3.36. The molecule has 2 amide bonds. The van der Waals surface area contributed by atoms with Crippen LogP contribution >= 0.6 is 11.3 Å². The number of benzene rings is 1. The molecule has 0 fully saturated rings. The quantitative estimate of drug-likeness (QED) is 0.912. The molecule has 2 aromatic rings. The number of nitrogens with one attached hydrogen (secondary N) is 1. The summed E-state index contributed by atoms with van der Waals surface area (Å²) < 4.78 is 37.7. The number of aromatic nitrogens is 1. The van der Waals surface area contributed by atoms with Crippen molar-refractivity contribution in [2.24, 2.45) is 5.73 Å². The third-order valence-corrected chi connectivity index (χ3v) is 3.35. The lowest BCUT2D eigenvalue weighted by atomic mass is 10.1. The highest BCUT2D eigenvalue weighted by molar-refractivity contribution is 7.17. The minimum atomic E-state index is -4.53. The zero-order valence-electron chi connectivity index (χ0n) is 10.3. The Balaban J connectivity index is 2.18. The van der Waals surface area contributed by atoms with Crippen LogP contribution in [0.2, 0.25) is 0 Å². The standard InChI is InChI=1S/C12H8F3N3O2S/c13-12(14,15)7-3-1-2-6(4-7)10(20)18-11-17-5-8(21-11)9(16)19/h1-5H,(H2,16,19)(H,17,18,20). The summed E-state index contributed by atoms with van der Waals surface area (Å²) in [5, 5.41) is 2.38. The molecule has 0 aliphatic carbocycles. The lowest BCUT2D eigenvalue weighted by Crippen LogP contribution is -2.13. The maximum Gasteiger partial charge on any atom is 0.416 e. The second kappa shape index (κ2) is 5.52. The number of alkyl halides is 3. The van der Waals surface area contributed by atoms with E-state index in [4.69, 9.17) is 5.73 Å². The van der Waals surface area contributed by atoms with Gasteiger partial charge in [0.2, 0.25) is 0 Å². The number of halogens is 3. The third kappa shape index (κ3) is 3.57. The topological polar surface area (TPSA) is 85.1 Å². The Kier molecular flexibility index (Phi) is 3.94. The SMILES string of the molecule is NC(=O)c1cnc(NC(=O)c2cccc(C(F)(F)F)c2)s1. The van der Waals surface area contributed by atoms with E-state index in [0.717, 1.165) is 29.5 Å². The van der Waals surface area contributed by atoms with Gasteiger partial charge in [0.05, 0.1) is 11.8 Å². The van der Waals surface area contributed by atoms with Gasteiger partial charge in [0, 0.05) is 5.56 Å². The van der Waals surface area contributed by atoms with Crippen LogP contribution < -0.4 is 11.1 Å². The Morgan fingerprint density at radius 3 is 2.57 bits per heavy atom. The summed E-state index contributed by atoms with van der Waals surface area (Å²) in [6.45, 7) is 0. The number of nitrogens with two attached hydrogens (primary N) is 1. The molecule has 0 saturated heterocycles. The largest absolute Gasteiger partial charge is 0.416 e. The van der Waals surface area contributed by atoms with Crippen LogP contribution in [0.3, 0.4) is 0 Å². The van der Waals surface area contributed by atoms with Gasteiger partial charge in [0.1, 0.15) is 4.88 Å². The molecule has 0 radical (unpaired) electrons. The summed E-state index contributed by atoms with van der Waals surface area (Å²) >= 11 is 0.834. The number of rotatable bonds is 3. The van der Waals surface area contributed by atoms with Crippen LogP contribution in [-0.4, -0.2) is 16.8 Å². The monoisotopic (exact) mass is 315 g/mol. The molecular formula is C12H8F3N3O2S.